The van der Waals surface area contributed by atoms with E-state index >= 15 is 0 Å². The van der Waals surface area contributed by atoms with Crippen molar-refractivity contribution in [3.05, 3.63) is 66.7 Å². The Hall–Kier alpha value is -3.32. The van der Waals surface area contributed by atoms with Gasteiger partial charge >= 0.3 is 0 Å². The van der Waals surface area contributed by atoms with Crippen LogP contribution in [-0.2, 0) is 10.0 Å². The Balaban J connectivity index is 1.80. The maximum Gasteiger partial charge on any atom is 0.229 e. The van der Waals surface area contributed by atoms with Gasteiger partial charge in [-0.05, 0) is 42.5 Å². The fourth-order valence-electron chi connectivity index (χ4n) is 3.10. The Bertz CT molecular complexity index is 1250. The molecule has 0 amide bonds. The summed E-state index contributed by atoms with van der Waals surface area (Å²) in [5.41, 5.74) is 10.9. The van der Waals surface area contributed by atoms with Gasteiger partial charge in [0.15, 0.2) is 0 Å². The SMILES string of the molecule is CS(=O)(=O)Nc1ccc(Nc2c3ccccc3[nH+]c3cc(N)ccc23)cc1. The van der Waals surface area contributed by atoms with Crippen LogP contribution >= 0.6 is 0 Å². The number of hydrogen-bond donors (Lipinski definition) is 3. The van der Waals surface area contributed by atoms with Crippen LogP contribution in [0.5, 0.6) is 0 Å². The number of aromatic amines is 1. The zero-order valence-electron chi connectivity index (χ0n) is 14.7. The van der Waals surface area contributed by atoms with Crippen molar-refractivity contribution in [2.75, 3.05) is 22.0 Å². The van der Waals surface area contributed by atoms with Crippen LogP contribution in [0.4, 0.5) is 22.7 Å². The second kappa shape index (κ2) is 6.44. The average Bonchev–Trinajstić information content (AvgIpc) is 2.61. The van der Waals surface area contributed by atoms with Crippen LogP contribution in [0.15, 0.2) is 66.7 Å². The Morgan fingerprint density at radius 1 is 0.852 bits per heavy atom. The summed E-state index contributed by atoms with van der Waals surface area (Å²) in [7, 11) is -3.30. The van der Waals surface area contributed by atoms with E-state index in [1.165, 1.54) is 0 Å². The number of aromatic nitrogens is 1. The third kappa shape index (κ3) is 3.63. The molecule has 0 atom stereocenters. The van der Waals surface area contributed by atoms with Crippen LogP contribution < -0.4 is 20.8 Å². The molecule has 4 rings (SSSR count). The molecule has 0 saturated heterocycles. The minimum atomic E-state index is -3.30. The molecule has 0 aliphatic carbocycles. The van der Waals surface area contributed by atoms with E-state index in [-0.39, 0.29) is 0 Å². The largest absolute Gasteiger partial charge is 0.399 e. The minimum Gasteiger partial charge on any atom is -0.399 e. The van der Waals surface area contributed by atoms with Crippen molar-refractivity contribution >= 4 is 54.6 Å². The van der Waals surface area contributed by atoms with Crippen molar-refractivity contribution in [1.29, 1.82) is 0 Å². The maximum absolute atomic E-state index is 11.4. The minimum absolute atomic E-state index is 0.520. The molecule has 136 valence electrons. The number of rotatable bonds is 4. The van der Waals surface area contributed by atoms with Crippen LogP contribution in [0.2, 0.25) is 0 Å². The highest BCUT2D eigenvalue weighted by Gasteiger charge is 2.14. The second-order valence-electron chi connectivity index (χ2n) is 6.43. The summed E-state index contributed by atoms with van der Waals surface area (Å²) in [4.78, 5) is 3.41. The van der Waals surface area contributed by atoms with Gasteiger partial charge in [0.05, 0.1) is 22.7 Å². The molecule has 0 radical (unpaired) electrons. The first-order chi connectivity index (χ1) is 12.9. The van der Waals surface area contributed by atoms with E-state index < -0.39 is 10.0 Å². The number of para-hydroxylation sites is 1. The van der Waals surface area contributed by atoms with Crippen molar-refractivity contribution in [2.45, 2.75) is 0 Å². The summed E-state index contributed by atoms with van der Waals surface area (Å²) in [6.45, 7) is 0. The third-order valence-electron chi connectivity index (χ3n) is 4.24. The highest BCUT2D eigenvalue weighted by molar-refractivity contribution is 7.92. The predicted molar refractivity (Wildman–Crippen MR) is 111 cm³/mol. The monoisotopic (exact) mass is 379 g/mol. The molecule has 0 fully saturated rings. The molecule has 6 nitrogen and oxygen atoms in total. The lowest BCUT2D eigenvalue weighted by Crippen LogP contribution is -2.09. The van der Waals surface area contributed by atoms with Crippen LogP contribution in [-0.4, -0.2) is 14.7 Å². The van der Waals surface area contributed by atoms with E-state index in [4.69, 9.17) is 5.73 Å². The number of nitrogens with one attached hydrogen (secondary N) is 3. The zero-order chi connectivity index (χ0) is 19.0. The summed E-state index contributed by atoms with van der Waals surface area (Å²) in [6.07, 6.45) is 1.13. The molecular formula is C20H19N4O2S+. The molecule has 0 bridgehead atoms. The summed E-state index contributed by atoms with van der Waals surface area (Å²) in [5, 5.41) is 5.53. The zero-order valence-corrected chi connectivity index (χ0v) is 15.5. The van der Waals surface area contributed by atoms with E-state index in [1.807, 2.05) is 54.6 Å². The number of nitrogen functional groups attached to an aromatic ring is 1. The van der Waals surface area contributed by atoms with Gasteiger partial charge < -0.3 is 11.1 Å². The van der Waals surface area contributed by atoms with Crippen LogP contribution in [0.25, 0.3) is 21.8 Å². The van der Waals surface area contributed by atoms with Gasteiger partial charge in [-0.25, -0.2) is 13.4 Å². The number of sulfonamides is 1. The van der Waals surface area contributed by atoms with Gasteiger partial charge in [-0.3, -0.25) is 4.72 Å². The fourth-order valence-corrected chi connectivity index (χ4v) is 3.66. The number of hydrogen-bond acceptors (Lipinski definition) is 4. The third-order valence-corrected chi connectivity index (χ3v) is 4.84. The Kier molecular flexibility index (Phi) is 4.08. The number of nitrogens with two attached hydrogens (primary N) is 1. The molecular weight excluding hydrogens is 360 g/mol. The van der Waals surface area contributed by atoms with Crippen LogP contribution in [0.3, 0.4) is 0 Å². The fraction of sp³-hybridized carbons (Fsp3) is 0.0500. The van der Waals surface area contributed by atoms with Gasteiger partial charge in [0.2, 0.25) is 21.1 Å². The smallest absolute Gasteiger partial charge is 0.229 e. The van der Waals surface area contributed by atoms with Gasteiger partial charge in [-0.2, -0.15) is 0 Å². The number of H-pyrrole nitrogens is 1. The summed E-state index contributed by atoms with van der Waals surface area (Å²) < 4.78 is 25.2. The summed E-state index contributed by atoms with van der Waals surface area (Å²) in [5.74, 6) is 0. The lowest BCUT2D eigenvalue weighted by molar-refractivity contribution is -0.310. The highest BCUT2D eigenvalue weighted by Crippen LogP contribution is 2.32. The Labute approximate surface area is 157 Å². The van der Waals surface area contributed by atoms with E-state index in [2.05, 4.69) is 15.0 Å². The predicted octanol–water partition coefficient (Wildman–Crippen LogP) is 3.50. The molecule has 1 heterocycles. The van der Waals surface area contributed by atoms with E-state index in [9.17, 15) is 8.42 Å². The van der Waals surface area contributed by atoms with Crippen LogP contribution in [0, 0.1) is 0 Å². The number of benzene rings is 3. The van der Waals surface area contributed by atoms with Gasteiger partial charge in [0, 0.05) is 29.2 Å². The first-order valence-electron chi connectivity index (χ1n) is 8.37. The molecule has 3 aromatic carbocycles. The van der Waals surface area contributed by atoms with E-state index in [1.54, 1.807) is 12.1 Å². The maximum atomic E-state index is 11.4. The van der Waals surface area contributed by atoms with Crippen molar-refractivity contribution in [2.24, 2.45) is 0 Å². The highest BCUT2D eigenvalue weighted by atomic mass is 32.2. The lowest BCUT2D eigenvalue weighted by Gasteiger charge is -2.12. The van der Waals surface area contributed by atoms with Crippen LogP contribution in [0.1, 0.15) is 0 Å². The molecule has 27 heavy (non-hydrogen) atoms. The topological polar surface area (TPSA) is 98.4 Å². The molecule has 7 heteroatoms. The quantitative estimate of drug-likeness (QED) is 0.373. The first-order valence-corrected chi connectivity index (χ1v) is 10.3. The van der Waals surface area contributed by atoms with Gasteiger partial charge in [0.25, 0.3) is 0 Å². The normalized spacial score (nSPS) is 11.6. The van der Waals surface area contributed by atoms with Crippen molar-refractivity contribution in [3.63, 3.8) is 0 Å². The van der Waals surface area contributed by atoms with Gasteiger partial charge in [-0.1, -0.05) is 12.1 Å². The van der Waals surface area contributed by atoms with Crippen molar-refractivity contribution < 1.29 is 13.4 Å². The average molecular weight is 379 g/mol. The number of pyridine rings is 1. The molecule has 0 unspecified atom stereocenters. The van der Waals surface area contributed by atoms with Crippen molar-refractivity contribution in [3.8, 4) is 0 Å². The van der Waals surface area contributed by atoms with Gasteiger partial charge in [-0.15, -0.1) is 0 Å². The van der Waals surface area contributed by atoms with Crippen molar-refractivity contribution in [1.82, 2.24) is 0 Å². The molecule has 0 aliphatic rings. The number of anilines is 4. The lowest BCUT2D eigenvalue weighted by atomic mass is 10.1. The molecule has 1 aromatic heterocycles. The first kappa shape index (κ1) is 17.1. The standard InChI is InChI=1S/C20H18N4O2S/c1-27(25,26)24-15-9-7-14(8-10-15)22-20-16-4-2-3-5-18(16)23-19-12-13(21)6-11-17(19)20/h2-12,24H,21H2,1H3,(H,22,23)/p+1. The Morgan fingerprint density at radius 3 is 2.26 bits per heavy atom. The molecule has 0 saturated carbocycles. The molecule has 0 aliphatic heterocycles. The number of fused-ring (bicyclic) bond motifs is 2. The Morgan fingerprint density at radius 2 is 1.52 bits per heavy atom. The molecule has 0 spiro atoms. The molecule has 5 N–H and O–H groups in total. The van der Waals surface area contributed by atoms with E-state index in [0.29, 0.717) is 11.4 Å². The summed E-state index contributed by atoms with van der Waals surface area (Å²) in [6, 6.07) is 20.9. The summed E-state index contributed by atoms with van der Waals surface area (Å²) >= 11 is 0. The van der Waals surface area contributed by atoms with E-state index in [0.717, 1.165) is 39.4 Å². The van der Waals surface area contributed by atoms with Gasteiger partial charge in [0.1, 0.15) is 0 Å². The molecule has 4 aromatic rings. The second-order valence-corrected chi connectivity index (χ2v) is 8.18.